The third-order valence-electron chi connectivity index (χ3n) is 3.25. The van der Waals surface area contributed by atoms with Gasteiger partial charge in [0.05, 0.1) is 11.8 Å². The molecule has 0 spiro atoms. The molecule has 1 aromatic heterocycles. The minimum atomic E-state index is -0.921. The molecule has 2 atom stereocenters. The van der Waals surface area contributed by atoms with E-state index in [1.54, 1.807) is 18.3 Å². The Balaban J connectivity index is 2.10. The molecule has 100 valence electrons. The monoisotopic (exact) mass is 260 g/mol. The number of anilines is 1. The molecule has 1 amide bonds. The smallest absolute Gasteiger partial charge is 0.307 e. The van der Waals surface area contributed by atoms with Crippen LogP contribution in [0.5, 0.6) is 0 Å². The summed E-state index contributed by atoms with van der Waals surface area (Å²) in [4.78, 5) is 27.4. The molecule has 0 bridgehead atoms. The molecule has 2 rings (SSSR count). The predicted octanol–water partition coefficient (Wildman–Crippen LogP) is 2.00. The third kappa shape index (κ3) is 3.19. The zero-order chi connectivity index (χ0) is 13.8. The van der Waals surface area contributed by atoms with Crippen LogP contribution in [-0.4, -0.2) is 22.0 Å². The normalized spacial score (nSPS) is 21.9. The molecular formula is C14H16N2O3. The summed E-state index contributed by atoms with van der Waals surface area (Å²) in [6.07, 6.45) is 6.16. The van der Waals surface area contributed by atoms with Crippen molar-refractivity contribution in [3.63, 3.8) is 0 Å². The minimum Gasteiger partial charge on any atom is -0.481 e. The van der Waals surface area contributed by atoms with Crippen molar-refractivity contribution in [3.8, 4) is 0 Å². The molecule has 0 unspecified atom stereocenters. The molecule has 0 fully saturated rings. The second kappa shape index (κ2) is 5.65. The largest absolute Gasteiger partial charge is 0.481 e. The van der Waals surface area contributed by atoms with Crippen molar-refractivity contribution in [1.29, 1.82) is 0 Å². The minimum absolute atomic E-state index is 0.248. The van der Waals surface area contributed by atoms with Crippen LogP contribution in [0, 0.1) is 18.8 Å². The summed E-state index contributed by atoms with van der Waals surface area (Å²) in [6, 6.07) is 3.45. The third-order valence-corrected chi connectivity index (χ3v) is 3.25. The highest BCUT2D eigenvalue weighted by molar-refractivity contribution is 5.95. The lowest BCUT2D eigenvalue weighted by Crippen LogP contribution is -2.34. The van der Waals surface area contributed by atoms with Crippen molar-refractivity contribution in [2.45, 2.75) is 19.8 Å². The Morgan fingerprint density at radius 1 is 1.32 bits per heavy atom. The number of aliphatic carboxylic acids is 1. The number of allylic oxidation sites excluding steroid dienone is 2. The lowest BCUT2D eigenvalue weighted by molar-refractivity contribution is -0.146. The number of carbonyl (C=O) groups is 2. The van der Waals surface area contributed by atoms with E-state index in [0.717, 1.165) is 5.69 Å². The molecule has 5 nitrogen and oxygen atoms in total. The number of carbonyl (C=O) groups excluding carboxylic acids is 1. The molecule has 0 aromatic carbocycles. The van der Waals surface area contributed by atoms with Crippen molar-refractivity contribution < 1.29 is 14.7 Å². The van der Waals surface area contributed by atoms with Crippen LogP contribution < -0.4 is 5.32 Å². The Hall–Kier alpha value is -2.17. The summed E-state index contributed by atoms with van der Waals surface area (Å²) < 4.78 is 0. The molecule has 1 aliphatic rings. The van der Waals surface area contributed by atoms with E-state index in [-0.39, 0.29) is 5.91 Å². The summed E-state index contributed by atoms with van der Waals surface area (Å²) in [6.45, 7) is 1.83. The van der Waals surface area contributed by atoms with Crippen LogP contribution in [0.25, 0.3) is 0 Å². The van der Waals surface area contributed by atoms with E-state index in [9.17, 15) is 9.59 Å². The lowest BCUT2D eigenvalue weighted by Gasteiger charge is -2.24. The van der Waals surface area contributed by atoms with E-state index in [2.05, 4.69) is 10.3 Å². The Morgan fingerprint density at radius 3 is 2.63 bits per heavy atom. The maximum Gasteiger partial charge on any atom is 0.307 e. The van der Waals surface area contributed by atoms with Gasteiger partial charge in [0.2, 0.25) is 5.91 Å². The van der Waals surface area contributed by atoms with Crippen molar-refractivity contribution in [1.82, 2.24) is 4.98 Å². The Labute approximate surface area is 111 Å². The zero-order valence-electron chi connectivity index (χ0n) is 10.7. The lowest BCUT2D eigenvalue weighted by atomic mass is 9.82. The quantitative estimate of drug-likeness (QED) is 0.815. The molecule has 1 heterocycles. The van der Waals surface area contributed by atoms with Gasteiger partial charge in [-0.2, -0.15) is 0 Å². The van der Waals surface area contributed by atoms with Gasteiger partial charge in [-0.1, -0.05) is 12.2 Å². The first-order valence-electron chi connectivity index (χ1n) is 6.19. The number of nitrogens with one attached hydrogen (secondary N) is 1. The average Bonchev–Trinajstić information content (AvgIpc) is 2.38. The second-order valence-corrected chi connectivity index (χ2v) is 4.67. The highest BCUT2D eigenvalue weighted by Gasteiger charge is 2.33. The van der Waals surface area contributed by atoms with Crippen LogP contribution in [0.4, 0.5) is 5.69 Å². The molecule has 0 saturated heterocycles. The molecular weight excluding hydrogens is 244 g/mol. The summed E-state index contributed by atoms with van der Waals surface area (Å²) in [5.41, 5.74) is 1.45. The first-order valence-corrected chi connectivity index (χ1v) is 6.19. The highest BCUT2D eigenvalue weighted by Crippen LogP contribution is 2.27. The molecule has 0 aliphatic heterocycles. The maximum atomic E-state index is 12.2. The molecule has 1 aromatic rings. The van der Waals surface area contributed by atoms with Gasteiger partial charge in [-0.3, -0.25) is 14.6 Å². The number of rotatable bonds is 3. The van der Waals surface area contributed by atoms with Crippen molar-refractivity contribution >= 4 is 17.6 Å². The van der Waals surface area contributed by atoms with Crippen molar-refractivity contribution in [2.75, 3.05) is 5.32 Å². The van der Waals surface area contributed by atoms with Crippen LogP contribution in [0.15, 0.2) is 30.5 Å². The fourth-order valence-electron chi connectivity index (χ4n) is 2.24. The van der Waals surface area contributed by atoms with Crippen LogP contribution in [0.2, 0.25) is 0 Å². The van der Waals surface area contributed by atoms with E-state index in [0.29, 0.717) is 18.5 Å². The fraction of sp³-hybridized carbons (Fsp3) is 0.357. The van der Waals surface area contributed by atoms with Gasteiger partial charge in [0, 0.05) is 17.6 Å². The highest BCUT2D eigenvalue weighted by atomic mass is 16.4. The Morgan fingerprint density at radius 2 is 2.00 bits per heavy atom. The molecule has 19 heavy (non-hydrogen) atoms. The SMILES string of the molecule is Cc1cc(NC(=O)[C@@H]2CC=CC[C@@H]2C(=O)O)ccn1. The van der Waals surface area contributed by atoms with Gasteiger partial charge >= 0.3 is 5.97 Å². The number of amides is 1. The number of carboxylic acids is 1. The van der Waals surface area contributed by atoms with Crippen LogP contribution in [-0.2, 0) is 9.59 Å². The summed E-state index contributed by atoms with van der Waals surface area (Å²) >= 11 is 0. The van der Waals surface area contributed by atoms with Gasteiger partial charge in [0.25, 0.3) is 0 Å². The molecule has 1 aliphatic carbocycles. The van der Waals surface area contributed by atoms with Gasteiger partial charge in [-0.15, -0.1) is 0 Å². The van der Waals surface area contributed by atoms with Gasteiger partial charge < -0.3 is 10.4 Å². The first-order chi connectivity index (χ1) is 9.08. The molecule has 0 saturated carbocycles. The van der Waals surface area contributed by atoms with Crippen LogP contribution in [0.1, 0.15) is 18.5 Å². The number of pyridine rings is 1. The van der Waals surface area contributed by atoms with E-state index < -0.39 is 17.8 Å². The number of carboxylic acid groups (broad SMARTS) is 1. The van der Waals surface area contributed by atoms with E-state index in [4.69, 9.17) is 5.11 Å². The number of aryl methyl sites for hydroxylation is 1. The maximum absolute atomic E-state index is 12.2. The van der Waals surface area contributed by atoms with Gasteiger partial charge in [-0.05, 0) is 31.9 Å². The number of aromatic nitrogens is 1. The molecule has 5 heteroatoms. The number of hydrogen-bond donors (Lipinski definition) is 2. The standard InChI is InChI=1S/C14H16N2O3/c1-9-8-10(6-7-15-9)16-13(17)11-4-2-3-5-12(11)14(18)19/h2-3,6-8,11-12H,4-5H2,1H3,(H,18,19)(H,15,16,17)/t11-,12+/m1/s1. The van der Waals surface area contributed by atoms with Crippen molar-refractivity contribution in [2.24, 2.45) is 11.8 Å². The van der Waals surface area contributed by atoms with E-state index >= 15 is 0 Å². The van der Waals surface area contributed by atoms with E-state index in [1.165, 1.54) is 0 Å². The topological polar surface area (TPSA) is 79.3 Å². The average molecular weight is 260 g/mol. The first kappa shape index (κ1) is 13.3. The summed E-state index contributed by atoms with van der Waals surface area (Å²) in [5.74, 6) is -2.33. The second-order valence-electron chi connectivity index (χ2n) is 4.67. The molecule has 0 radical (unpaired) electrons. The van der Waals surface area contributed by atoms with Crippen LogP contribution >= 0.6 is 0 Å². The van der Waals surface area contributed by atoms with Crippen molar-refractivity contribution in [3.05, 3.63) is 36.2 Å². The number of hydrogen-bond acceptors (Lipinski definition) is 3. The van der Waals surface area contributed by atoms with E-state index in [1.807, 2.05) is 19.1 Å². The molecule has 2 N–H and O–H groups in total. The Bertz CT molecular complexity index is 525. The summed E-state index contributed by atoms with van der Waals surface area (Å²) in [7, 11) is 0. The summed E-state index contributed by atoms with van der Waals surface area (Å²) in [5, 5.41) is 11.9. The van der Waals surface area contributed by atoms with Gasteiger partial charge in [0.15, 0.2) is 0 Å². The fourth-order valence-corrected chi connectivity index (χ4v) is 2.24. The van der Waals surface area contributed by atoms with Gasteiger partial charge in [0.1, 0.15) is 0 Å². The number of nitrogens with zero attached hydrogens (tertiary/aromatic N) is 1. The Kier molecular flexibility index (Phi) is 3.94. The predicted molar refractivity (Wildman–Crippen MR) is 70.6 cm³/mol. The zero-order valence-corrected chi connectivity index (χ0v) is 10.7. The van der Waals surface area contributed by atoms with Crippen LogP contribution in [0.3, 0.4) is 0 Å². The van der Waals surface area contributed by atoms with Gasteiger partial charge in [-0.25, -0.2) is 0 Å².